The summed E-state index contributed by atoms with van der Waals surface area (Å²) >= 11 is 8.13. The number of amides is 1. The molecule has 1 aromatic carbocycles. The van der Waals surface area contributed by atoms with Crippen LogP contribution in [0.15, 0.2) is 44.7 Å². The standard InChI is InChI=1S/C24H24BrN5OS3/c1-14(2)30-22(18-11-32-20-6-4-3-5-17(18)20)28-29-24(30)34-13-21(31)27-23-26-19(12-33-23)15-7-9-16(25)10-8-15/h7-12,14H,3-6,13H2,1-2H3,(H,26,27,31). The lowest BCUT2D eigenvalue weighted by molar-refractivity contribution is -0.113. The number of rotatable bonds is 7. The van der Waals surface area contributed by atoms with E-state index in [9.17, 15) is 4.79 Å². The van der Waals surface area contributed by atoms with Crippen LogP contribution in [-0.2, 0) is 17.6 Å². The fraction of sp³-hybridized carbons (Fsp3) is 0.333. The van der Waals surface area contributed by atoms with Crippen LogP contribution in [0.4, 0.5) is 5.13 Å². The second-order valence-corrected chi connectivity index (χ2v) is 12.1. The number of aryl methyl sites for hydroxylation is 1. The van der Waals surface area contributed by atoms with Gasteiger partial charge >= 0.3 is 0 Å². The Labute approximate surface area is 219 Å². The summed E-state index contributed by atoms with van der Waals surface area (Å²) < 4.78 is 3.18. The van der Waals surface area contributed by atoms with Crippen molar-refractivity contribution in [3.05, 3.63) is 49.9 Å². The number of nitrogens with one attached hydrogen (secondary N) is 1. The number of anilines is 1. The molecule has 0 fully saturated rings. The summed E-state index contributed by atoms with van der Waals surface area (Å²) in [6.45, 7) is 4.27. The highest BCUT2D eigenvalue weighted by molar-refractivity contribution is 9.10. The maximum absolute atomic E-state index is 12.7. The van der Waals surface area contributed by atoms with Crippen molar-refractivity contribution in [1.29, 1.82) is 0 Å². The highest BCUT2D eigenvalue weighted by Gasteiger charge is 2.24. The molecule has 3 heterocycles. The highest BCUT2D eigenvalue weighted by Crippen LogP contribution is 2.38. The molecular weight excluding hydrogens is 550 g/mol. The molecule has 0 bridgehead atoms. The van der Waals surface area contributed by atoms with Gasteiger partial charge in [0.15, 0.2) is 16.1 Å². The fourth-order valence-electron chi connectivity index (χ4n) is 4.08. The number of thioether (sulfide) groups is 1. The molecule has 5 rings (SSSR count). The largest absolute Gasteiger partial charge is 0.301 e. The van der Waals surface area contributed by atoms with Crippen molar-refractivity contribution >= 4 is 61.4 Å². The predicted molar refractivity (Wildman–Crippen MR) is 145 cm³/mol. The maximum Gasteiger partial charge on any atom is 0.236 e. The molecule has 0 spiro atoms. The number of hydrogen-bond acceptors (Lipinski definition) is 7. The van der Waals surface area contributed by atoms with Crippen molar-refractivity contribution in [2.75, 3.05) is 11.1 Å². The summed E-state index contributed by atoms with van der Waals surface area (Å²) in [4.78, 5) is 18.7. The molecule has 4 aromatic rings. The number of thiazole rings is 1. The Balaban J connectivity index is 1.27. The summed E-state index contributed by atoms with van der Waals surface area (Å²) in [6, 6.07) is 8.16. The van der Waals surface area contributed by atoms with Gasteiger partial charge in [-0.05, 0) is 57.2 Å². The molecule has 1 N–H and O–H groups in total. The van der Waals surface area contributed by atoms with Gasteiger partial charge in [0, 0.05) is 37.3 Å². The summed E-state index contributed by atoms with van der Waals surface area (Å²) in [5.74, 6) is 1.06. The number of halogens is 1. The Morgan fingerprint density at radius 3 is 2.74 bits per heavy atom. The lowest BCUT2D eigenvalue weighted by atomic mass is 9.95. The molecular formula is C24H24BrN5OS3. The van der Waals surface area contributed by atoms with Crippen LogP contribution in [0.5, 0.6) is 0 Å². The molecule has 0 aliphatic heterocycles. The number of aromatic nitrogens is 4. The Bertz CT molecular complexity index is 1310. The van der Waals surface area contributed by atoms with Crippen LogP contribution < -0.4 is 5.32 Å². The van der Waals surface area contributed by atoms with E-state index in [1.807, 2.05) is 41.0 Å². The van der Waals surface area contributed by atoms with Crippen LogP contribution in [0.25, 0.3) is 22.6 Å². The van der Waals surface area contributed by atoms with Crippen molar-refractivity contribution < 1.29 is 4.79 Å². The lowest BCUT2D eigenvalue weighted by Crippen LogP contribution is -2.15. The summed E-state index contributed by atoms with van der Waals surface area (Å²) in [5, 5.41) is 17.5. The van der Waals surface area contributed by atoms with E-state index in [0.29, 0.717) is 5.13 Å². The first-order chi connectivity index (χ1) is 16.5. The number of benzene rings is 1. The Hall–Kier alpha value is -2.01. The SMILES string of the molecule is CC(C)n1c(SCC(=O)Nc2nc(-c3ccc(Br)cc3)cs2)nnc1-c1csc2c1CCCC2. The van der Waals surface area contributed by atoms with Crippen molar-refractivity contribution in [1.82, 2.24) is 19.7 Å². The number of carbonyl (C=O) groups excluding carboxylic acids is 1. The van der Waals surface area contributed by atoms with Crippen LogP contribution in [0.3, 0.4) is 0 Å². The molecule has 1 aliphatic carbocycles. The Kier molecular flexibility index (Phi) is 7.19. The van der Waals surface area contributed by atoms with Gasteiger partial charge < -0.3 is 5.32 Å². The van der Waals surface area contributed by atoms with E-state index in [4.69, 9.17) is 0 Å². The molecule has 34 heavy (non-hydrogen) atoms. The van der Waals surface area contributed by atoms with E-state index >= 15 is 0 Å². The first kappa shape index (κ1) is 23.7. The molecule has 0 unspecified atom stereocenters. The van der Waals surface area contributed by atoms with Crippen molar-refractivity contribution in [2.24, 2.45) is 0 Å². The molecule has 0 saturated heterocycles. The molecule has 10 heteroatoms. The van der Waals surface area contributed by atoms with Gasteiger partial charge in [-0.25, -0.2) is 4.98 Å². The third-order valence-electron chi connectivity index (χ3n) is 5.71. The van der Waals surface area contributed by atoms with Crippen LogP contribution >= 0.6 is 50.4 Å². The molecule has 1 aliphatic rings. The average Bonchev–Trinajstić information content (AvgIpc) is 3.56. The quantitative estimate of drug-likeness (QED) is 0.239. The minimum Gasteiger partial charge on any atom is -0.301 e. The van der Waals surface area contributed by atoms with Crippen LogP contribution in [-0.4, -0.2) is 31.4 Å². The van der Waals surface area contributed by atoms with Gasteiger partial charge in [-0.1, -0.05) is 39.8 Å². The van der Waals surface area contributed by atoms with Gasteiger partial charge in [-0.2, -0.15) is 0 Å². The zero-order valence-electron chi connectivity index (χ0n) is 18.9. The van der Waals surface area contributed by atoms with E-state index in [1.165, 1.54) is 51.9 Å². The Morgan fingerprint density at radius 1 is 1.15 bits per heavy atom. The van der Waals surface area contributed by atoms with Crippen molar-refractivity contribution in [3.63, 3.8) is 0 Å². The normalized spacial score (nSPS) is 13.3. The van der Waals surface area contributed by atoms with Gasteiger partial charge in [0.2, 0.25) is 5.91 Å². The van der Waals surface area contributed by atoms with Crippen molar-refractivity contribution in [2.45, 2.75) is 50.7 Å². The topological polar surface area (TPSA) is 72.7 Å². The van der Waals surface area contributed by atoms with Crippen LogP contribution in [0, 0.1) is 0 Å². The van der Waals surface area contributed by atoms with Crippen molar-refractivity contribution in [3.8, 4) is 22.6 Å². The van der Waals surface area contributed by atoms with E-state index in [1.54, 1.807) is 0 Å². The highest BCUT2D eigenvalue weighted by atomic mass is 79.9. The fourth-order valence-corrected chi connectivity index (χ4v) is 7.07. The number of fused-ring (bicyclic) bond motifs is 1. The van der Waals surface area contributed by atoms with Gasteiger partial charge in [0.1, 0.15) is 0 Å². The van der Waals surface area contributed by atoms with E-state index in [0.717, 1.165) is 39.6 Å². The second-order valence-electron chi connectivity index (χ2n) is 8.41. The van der Waals surface area contributed by atoms with E-state index < -0.39 is 0 Å². The molecule has 0 saturated carbocycles. The third kappa shape index (κ3) is 5.00. The molecule has 176 valence electrons. The smallest absolute Gasteiger partial charge is 0.236 e. The summed E-state index contributed by atoms with van der Waals surface area (Å²) in [7, 11) is 0. The van der Waals surface area contributed by atoms with Crippen LogP contribution in [0.2, 0.25) is 0 Å². The van der Waals surface area contributed by atoms with Gasteiger partial charge in [0.05, 0.1) is 11.4 Å². The van der Waals surface area contributed by atoms with E-state index in [-0.39, 0.29) is 17.7 Å². The Morgan fingerprint density at radius 2 is 1.94 bits per heavy atom. The average molecular weight is 575 g/mol. The zero-order valence-corrected chi connectivity index (χ0v) is 22.9. The number of hydrogen-bond donors (Lipinski definition) is 1. The van der Waals surface area contributed by atoms with E-state index in [2.05, 4.69) is 60.2 Å². The third-order valence-corrected chi connectivity index (χ3v) is 9.02. The van der Waals surface area contributed by atoms with Crippen LogP contribution in [0.1, 0.15) is 43.2 Å². The lowest BCUT2D eigenvalue weighted by Gasteiger charge is -2.16. The minimum absolute atomic E-state index is 0.102. The molecule has 1 amide bonds. The monoisotopic (exact) mass is 573 g/mol. The maximum atomic E-state index is 12.7. The summed E-state index contributed by atoms with van der Waals surface area (Å²) in [5.41, 5.74) is 4.51. The predicted octanol–water partition coefficient (Wildman–Crippen LogP) is 7.08. The second kappa shape index (κ2) is 10.3. The molecule has 3 aromatic heterocycles. The summed E-state index contributed by atoms with van der Waals surface area (Å²) in [6.07, 6.45) is 4.77. The van der Waals surface area contributed by atoms with Gasteiger partial charge in [-0.3, -0.25) is 9.36 Å². The zero-order chi connectivity index (χ0) is 23.7. The molecule has 0 atom stereocenters. The molecule has 0 radical (unpaired) electrons. The molecule has 6 nitrogen and oxygen atoms in total. The number of thiophene rings is 1. The van der Waals surface area contributed by atoms with Gasteiger partial charge in [0.25, 0.3) is 0 Å². The first-order valence-electron chi connectivity index (χ1n) is 11.2. The first-order valence-corrected chi connectivity index (χ1v) is 14.7. The number of carbonyl (C=O) groups is 1. The van der Waals surface area contributed by atoms with Gasteiger partial charge in [-0.15, -0.1) is 32.9 Å². The number of nitrogens with zero attached hydrogens (tertiary/aromatic N) is 4. The minimum atomic E-state index is -0.102.